The molecule has 0 fully saturated rings. The summed E-state index contributed by atoms with van der Waals surface area (Å²) in [5.41, 5.74) is 1.64. The maximum atomic E-state index is 13.9. The summed E-state index contributed by atoms with van der Waals surface area (Å²) >= 11 is 12.5. The summed E-state index contributed by atoms with van der Waals surface area (Å²) in [6, 6.07) is 19.5. The lowest BCUT2D eigenvalue weighted by Crippen LogP contribution is -2.52. The normalized spacial score (nSPS) is 11.9. The molecule has 0 spiro atoms. The zero-order chi connectivity index (χ0) is 27.9. The molecule has 0 heterocycles. The van der Waals surface area contributed by atoms with E-state index in [0.29, 0.717) is 21.4 Å². The zero-order valence-electron chi connectivity index (χ0n) is 21.2. The first-order chi connectivity index (χ1) is 18.0. The number of likely N-dealkylation sites (N-methyl/N-ethyl adjacent to an activating group) is 1. The molecule has 0 aliphatic rings. The molecule has 202 valence electrons. The number of ether oxygens (including phenoxy) is 1. The van der Waals surface area contributed by atoms with Gasteiger partial charge in [0.2, 0.25) is 21.8 Å². The number of carbonyl (C=O) groups is 2. The number of hydrogen-bond donors (Lipinski definition) is 1. The average molecular weight is 579 g/mol. The SMILES string of the molecule is CNC(=O)[C@H](Cc1ccccc1)N(Cc1ccc(Cl)cc1Cl)C(=O)CN(c1cccc(OC)c1)S(C)(=O)=O. The van der Waals surface area contributed by atoms with Gasteiger partial charge in [0.15, 0.2) is 0 Å². The zero-order valence-corrected chi connectivity index (χ0v) is 23.6. The van der Waals surface area contributed by atoms with Crippen LogP contribution in [0.15, 0.2) is 72.8 Å². The van der Waals surface area contributed by atoms with Crippen LogP contribution in [-0.4, -0.2) is 58.1 Å². The van der Waals surface area contributed by atoms with Crippen LogP contribution in [0.3, 0.4) is 0 Å². The van der Waals surface area contributed by atoms with E-state index in [4.69, 9.17) is 27.9 Å². The summed E-state index contributed by atoms with van der Waals surface area (Å²) in [5.74, 6) is -0.561. The van der Waals surface area contributed by atoms with Gasteiger partial charge in [-0.05, 0) is 35.4 Å². The Morgan fingerprint density at radius 3 is 2.32 bits per heavy atom. The molecule has 0 saturated heterocycles. The summed E-state index contributed by atoms with van der Waals surface area (Å²) in [6.07, 6.45) is 1.22. The van der Waals surface area contributed by atoms with Gasteiger partial charge in [-0.3, -0.25) is 13.9 Å². The average Bonchev–Trinajstić information content (AvgIpc) is 2.89. The van der Waals surface area contributed by atoms with Crippen molar-refractivity contribution in [1.82, 2.24) is 10.2 Å². The highest BCUT2D eigenvalue weighted by Crippen LogP contribution is 2.26. The van der Waals surface area contributed by atoms with Crippen LogP contribution in [0.1, 0.15) is 11.1 Å². The van der Waals surface area contributed by atoms with Gasteiger partial charge in [0, 0.05) is 36.1 Å². The van der Waals surface area contributed by atoms with Gasteiger partial charge in [-0.2, -0.15) is 0 Å². The molecule has 0 radical (unpaired) electrons. The van der Waals surface area contributed by atoms with Gasteiger partial charge in [0.1, 0.15) is 18.3 Å². The van der Waals surface area contributed by atoms with Crippen LogP contribution < -0.4 is 14.4 Å². The molecule has 3 aromatic carbocycles. The van der Waals surface area contributed by atoms with Crippen LogP contribution >= 0.6 is 23.2 Å². The first-order valence-electron chi connectivity index (χ1n) is 11.6. The van der Waals surface area contributed by atoms with Gasteiger partial charge < -0.3 is 15.0 Å². The Hall–Kier alpha value is -3.27. The number of halogens is 2. The Bertz CT molecular complexity index is 1390. The van der Waals surface area contributed by atoms with E-state index in [1.54, 1.807) is 36.4 Å². The third kappa shape index (κ3) is 7.63. The van der Waals surface area contributed by atoms with E-state index in [0.717, 1.165) is 16.1 Å². The molecule has 0 saturated carbocycles. The molecule has 0 aliphatic heterocycles. The van der Waals surface area contributed by atoms with E-state index in [1.165, 1.54) is 25.1 Å². The van der Waals surface area contributed by atoms with Crippen molar-refractivity contribution < 1.29 is 22.7 Å². The number of rotatable bonds is 11. The molecule has 2 amide bonds. The van der Waals surface area contributed by atoms with E-state index in [9.17, 15) is 18.0 Å². The van der Waals surface area contributed by atoms with E-state index in [-0.39, 0.29) is 18.7 Å². The molecule has 0 aliphatic carbocycles. The Morgan fingerprint density at radius 1 is 1.00 bits per heavy atom. The van der Waals surface area contributed by atoms with Crippen molar-refractivity contribution >= 4 is 50.7 Å². The minimum absolute atomic E-state index is 0.0462. The minimum atomic E-state index is -3.88. The van der Waals surface area contributed by atoms with Crippen LogP contribution in [0.2, 0.25) is 10.0 Å². The van der Waals surface area contributed by atoms with Gasteiger partial charge in [-0.25, -0.2) is 8.42 Å². The van der Waals surface area contributed by atoms with Crippen LogP contribution in [0, 0.1) is 0 Å². The van der Waals surface area contributed by atoms with E-state index in [2.05, 4.69) is 5.32 Å². The molecular weight excluding hydrogens is 549 g/mol. The summed E-state index contributed by atoms with van der Waals surface area (Å²) in [5, 5.41) is 3.36. The second-order valence-corrected chi connectivity index (χ2v) is 11.3. The highest BCUT2D eigenvalue weighted by molar-refractivity contribution is 7.92. The molecule has 38 heavy (non-hydrogen) atoms. The van der Waals surface area contributed by atoms with Gasteiger partial charge in [0.05, 0.1) is 19.1 Å². The summed E-state index contributed by atoms with van der Waals surface area (Å²) in [4.78, 5) is 28.4. The predicted molar refractivity (Wildman–Crippen MR) is 150 cm³/mol. The third-order valence-electron chi connectivity index (χ3n) is 5.89. The number of amides is 2. The first-order valence-corrected chi connectivity index (χ1v) is 14.2. The Morgan fingerprint density at radius 2 is 1.71 bits per heavy atom. The smallest absolute Gasteiger partial charge is 0.244 e. The topological polar surface area (TPSA) is 96.0 Å². The predicted octanol–water partition coefficient (Wildman–Crippen LogP) is 4.15. The quantitative estimate of drug-likeness (QED) is 0.369. The van der Waals surface area contributed by atoms with Crippen molar-refractivity contribution in [2.24, 2.45) is 0 Å². The lowest BCUT2D eigenvalue weighted by Gasteiger charge is -2.33. The van der Waals surface area contributed by atoms with Gasteiger partial charge >= 0.3 is 0 Å². The van der Waals surface area contributed by atoms with Crippen molar-refractivity contribution in [2.45, 2.75) is 19.0 Å². The third-order valence-corrected chi connectivity index (χ3v) is 7.62. The fourth-order valence-electron chi connectivity index (χ4n) is 3.93. The van der Waals surface area contributed by atoms with E-state index < -0.39 is 34.4 Å². The fourth-order valence-corrected chi connectivity index (χ4v) is 5.24. The Labute approximate surface area is 233 Å². The second-order valence-electron chi connectivity index (χ2n) is 8.55. The number of hydrogen-bond acceptors (Lipinski definition) is 5. The first kappa shape index (κ1) is 29.3. The molecule has 3 rings (SSSR count). The molecule has 0 bridgehead atoms. The molecular formula is C27H29Cl2N3O5S. The van der Waals surface area contributed by atoms with E-state index in [1.807, 2.05) is 30.3 Å². The molecule has 8 nitrogen and oxygen atoms in total. The van der Waals surface area contributed by atoms with Crippen molar-refractivity contribution in [2.75, 3.05) is 31.3 Å². The van der Waals surface area contributed by atoms with E-state index >= 15 is 0 Å². The lowest BCUT2D eigenvalue weighted by atomic mass is 10.0. The maximum absolute atomic E-state index is 13.9. The van der Waals surface area contributed by atoms with Crippen LogP contribution in [0.5, 0.6) is 5.75 Å². The summed E-state index contributed by atoms with van der Waals surface area (Å²) < 4.78 is 31.8. The summed E-state index contributed by atoms with van der Waals surface area (Å²) in [7, 11) is -0.936. The molecule has 1 N–H and O–H groups in total. The Balaban J connectivity index is 2.05. The Kier molecular flexibility index (Phi) is 10.0. The number of sulfonamides is 1. The van der Waals surface area contributed by atoms with Gasteiger partial charge in [0.25, 0.3) is 0 Å². The number of nitrogens with zero attached hydrogens (tertiary/aromatic N) is 2. The number of carbonyl (C=O) groups excluding carboxylic acids is 2. The largest absolute Gasteiger partial charge is 0.497 e. The standard InChI is InChI=1S/C27H29Cl2N3O5S/c1-30-27(34)25(14-19-8-5-4-6-9-19)31(17-20-12-13-21(28)15-24(20)29)26(33)18-32(38(3,35)36)22-10-7-11-23(16-22)37-2/h4-13,15-16,25H,14,17-18H2,1-3H3,(H,30,34)/t25-/m0/s1. The lowest BCUT2D eigenvalue weighted by molar-refractivity contribution is -0.139. The highest BCUT2D eigenvalue weighted by atomic mass is 35.5. The fraction of sp³-hybridized carbons (Fsp3) is 0.259. The highest BCUT2D eigenvalue weighted by Gasteiger charge is 2.33. The van der Waals surface area contributed by atoms with Crippen molar-refractivity contribution in [3.63, 3.8) is 0 Å². The van der Waals surface area contributed by atoms with Crippen LogP contribution in [0.25, 0.3) is 0 Å². The molecule has 0 unspecified atom stereocenters. The molecule has 3 aromatic rings. The number of methoxy groups -OCH3 is 1. The molecule has 0 aromatic heterocycles. The van der Waals surface area contributed by atoms with Crippen LogP contribution in [0.4, 0.5) is 5.69 Å². The minimum Gasteiger partial charge on any atom is -0.497 e. The van der Waals surface area contributed by atoms with Crippen molar-refractivity contribution in [3.05, 3.63) is 94.0 Å². The van der Waals surface area contributed by atoms with Gasteiger partial charge in [-0.1, -0.05) is 65.7 Å². The number of nitrogens with one attached hydrogen (secondary N) is 1. The maximum Gasteiger partial charge on any atom is 0.244 e. The van der Waals surface area contributed by atoms with Crippen LogP contribution in [-0.2, 0) is 32.6 Å². The number of benzene rings is 3. The molecule has 11 heteroatoms. The number of anilines is 1. The molecule has 1 atom stereocenters. The van der Waals surface area contributed by atoms with Crippen molar-refractivity contribution in [3.8, 4) is 5.75 Å². The van der Waals surface area contributed by atoms with Gasteiger partial charge in [-0.15, -0.1) is 0 Å². The van der Waals surface area contributed by atoms with Crippen molar-refractivity contribution in [1.29, 1.82) is 0 Å². The summed E-state index contributed by atoms with van der Waals surface area (Å²) in [6.45, 7) is -0.588. The second kappa shape index (κ2) is 13.0. The monoisotopic (exact) mass is 577 g/mol.